The number of carboxylic acids is 1. The fraction of sp³-hybridized carbons (Fsp3) is 0.417. The maximum atomic E-state index is 10.9. The quantitative estimate of drug-likeness (QED) is 0.802. The molecule has 82 valence electrons. The molecule has 0 saturated carbocycles. The third kappa shape index (κ3) is 2.29. The van der Waals surface area contributed by atoms with Gasteiger partial charge in [-0.2, -0.15) is 0 Å². The first kappa shape index (κ1) is 11.6. The molecule has 15 heavy (non-hydrogen) atoms. The SMILES string of the molecule is CCc1cc(C(C)C(=O)O)c(C)cc1O. The van der Waals surface area contributed by atoms with Gasteiger partial charge in [0.05, 0.1) is 5.92 Å². The van der Waals surface area contributed by atoms with Gasteiger partial charge in [-0.05, 0) is 43.0 Å². The van der Waals surface area contributed by atoms with E-state index in [2.05, 4.69) is 0 Å². The van der Waals surface area contributed by atoms with E-state index in [0.29, 0.717) is 6.42 Å². The number of phenolic OH excluding ortho intramolecular Hbond substituents is 1. The first-order valence-electron chi connectivity index (χ1n) is 5.02. The highest BCUT2D eigenvalue weighted by Gasteiger charge is 2.17. The Kier molecular flexibility index (Phi) is 3.35. The molecule has 1 unspecified atom stereocenters. The molecule has 1 aromatic rings. The highest BCUT2D eigenvalue weighted by molar-refractivity contribution is 5.76. The minimum Gasteiger partial charge on any atom is -0.508 e. The molecule has 0 heterocycles. The van der Waals surface area contributed by atoms with Gasteiger partial charge in [0.15, 0.2) is 0 Å². The summed E-state index contributed by atoms with van der Waals surface area (Å²) in [5, 5.41) is 18.5. The van der Waals surface area contributed by atoms with Crippen molar-refractivity contribution >= 4 is 5.97 Å². The summed E-state index contributed by atoms with van der Waals surface area (Å²) in [5.41, 5.74) is 2.39. The number of aliphatic carboxylic acids is 1. The summed E-state index contributed by atoms with van der Waals surface area (Å²) in [6.07, 6.45) is 0.700. The van der Waals surface area contributed by atoms with Crippen LogP contribution in [0.2, 0.25) is 0 Å². The van der Waals surface area contributed by atoms with E-state index in [9.17, 15) is 9.90 Å². The fourth-order valence-electron chi connectivity index (χ4n) is 1.64. The van der Waals surface area contributed by atoms with Crippen LogP contribution in [-0.2, 0) is 11.2 Å². The summed E-state index contributed by atoms with van der Waals surface area (Å²) in [5.74, 6) is -1.13. The molecule has 0 radical (unpaired) electrons. The molecular weight excluding hydrogens is 192 g/mol. The summed E-state index contributed by atoms with van der Waals surface area (Å²) in [6, 6.07) is 3.41. The second kappa shape index (κ2) is 4.34. The lowest BCUT2D eigenvalue weighted by atomic mass is 9.93. The Labute approximate surface area is 89.4 Å². The zero-order valence-corrected chi connectivity index (χ0v) is 9.24. The predicted octanol–water partition coefficient (Wildman–Crippen LogP) is 2.45. The molecule has 3 heteroatoms. The molecular formula is C12H16O3. The van der Waals surface area contributed by atoms with E-state index in [1.54, 1.807) is 19.1 Å². The average Bonchev–Trinajstić information content (AvgIpc) is 2.17. The molecule has 0 spiro atoms. The molecule has 0 saturated heterocycles. The van der Waals surface area contributed by atoms with E-state index in [-0.39, 0.29) is 5.75 Å². The van der Waals surface area contributed by atoms with Crippen LogP contribution in [0.1, 0.15) is 36.5 Å². The largest absolute Gasteiger partial charge is 0.508 e. The van der Waals surface area contributed by atoms with Gasteiger partial charge in [-0.25, -0.2) is 0 Å². The fourth-order valence-corrected chi connectivity index (χ4v) is 1.64. The Bertz CT molecular complexity index is 383. The van der Waals surface area contributed by atoms with Gasteiger partial charge in [0.25, 0.3) is 0 Å². The molecule has 0 aromatic heterocycles. The number of aryl methyl sites for hydroxylation is 2. The first-order chi connectivity index (χ1) is 6.97. The normalized spacial score (nSPS) is 12.5. The summed E-state index contributed by atoms with van der Waals surface area (Å²) >= 11 is 0. The number of phenols is 1. The Hall–Kier alpha value is -1.51. The van der Waals surface area contributed by atoms with Crippen LogP contribution in [0.15, 0.2) is 12.1 Å². The molecule has 1 aromatic carbocycles. The maximum absolute atomic E-state index is 10.9. The molecule has 2 N–H and O–H groups in total. The third-order valence-corrected chi connectivity index (χ3v) is 2.69. The van der Waals surface area contributed by atoms with Gasteiger partial charge >= 0.3 is 5.97 Å². The number of hydrogen-bond acceptors (Lipinski definition) is 2. The van der Waals surface area contributed by atoms with Gasteiger partial charge in [-0.15, -0.1) is 0 Å². The summed E-state index contributed by atoms with van der Waals surface area (Å²) < 4.78 is 0. The van der Waals surface area contributed by atoms with Crippen LogP contribution in [0.3, 0.4) is 0 Å². The van der Waals surface area contributed by atoms with Crippen LogP contribution in [0.5, 0.6) is 5.75 Å². The van der Waals surface area contributed by atoms with Crippen molar-refractivity contribution in [3.05, 3.63) is 28.8 Å². The van der Waals surface area contributed by atoms with Crippen molar-refractivity contribution in [2.75, 3.05) is 0 Å². The Morgan fingerprint density at radius 3 is 2.53 bits per heavy atom. The van der Waals surface area contributed by atoms with Crippen molar-refractivity contribution in [2.24, 2.45) is 0 Å². The van der Waals surface area contributed by atoms with Gasteiger partial charge in [0.1, 0.15) is 5.75 Å². The lowest BCUT2D eigenvalue weighted by Crippen LogP contribution is -2.09. The summed E-state index contributed by atoms with van der Waals surface area (Å²) in [6.45, 7) is 5.40. The Balaban J connectivity index is 3.24. The van der Waals surface area contributed by atoms with Crippen molar-refractivity contribution in [1.82, 2.24) is 0 Å². The summed E-state index contributed by atoms with van der Waals surface area (Å²) in [4.78, 5) is 10.9. The number of hydrogen-bond donors (Lipinski definition) is 2. The van der Waals surface area contributed by atoms with E-state index < -0.39 is 11.9 Å². The van der Waals surface area contributed by atoms with Gasteiger partial charge in [-0.3, -0.25) is 4.79 Å². The monoisotopic (exact) mass is 208 g/mol. The van der Waals surface area contributed by atoms with Gasteiger partial charge in [0.2, 0.25) is 0 Å². The first-order valence-corrected chi connectivity index (χ1v) is 5.02. The molecule has 0 bridgehead atoms. The highest BCUT2D eigenvalue weighted by atomic mass is 16.4. The van der Waals surface area contributed by atoms with Gasteiger partial charge in [0, 0.05) is 0 Å². The van der Waals surface area contributed by atoms with Crippen molar-refractivity contribution in [3.63, 3.8) is 0 Å². The number of carbonyl (C=O) groups is 1. The molecule has 1 atom stereocenters. The smallest absolute Gasteiger partial charge is 0.310 e. The van der Waals surface area contributed by atoms with Crippen LogP contribution in [0.4, 0.5) is 0 Å². The molecule has 0 aliphatic carbocycles. The molecule has 0 fully saturated rings. The highest BCUT2D eigenvalue weighted by Crippen LogP contribution is 2.27. The number of benzene rings is 1. The zero-order chi connectivity index (χ0) is 11.6. The topological polar surface area (TPSA) is 57.5 Å². The minimum absolute atomic E-state index is 0.247. The van der Waals surface area contributed by atoms with Crippen molar-refractivity contribution < 1.29 is 15.0 Å². The number of carboxylic acid groups (broad SMARTS) is 1. The molecule has 0 aliphatic rings. The van der Waals surface area contributed by atoms with Crippen molar-refractivity contribution in [2.45, 2.75) is 33.1 Å². The number of rotatable bonds is 3. The van der Waals surface area contributed by atoms with Crippen molar-refractivity contribution in [3.8, 4) is 5.75 Å². The van der Waals surface area contributed by atoms with E-state index in [0.717, 1.165) is 16.7 Å². The molecule has 0 aliphatic heterocycles. The second-order valence-electron chi connectivity index (χ2n) is 3.75. The number of aromatic hydroxyl groups is 1. The summed E-state index contributed by atoms with van der Waals surface area (Å²) in [7, 11) is 0. The Morgan fingerprint density at radius 2 is 2.07 bits per heavy atom. The van der Waals surface area contributed by atoms with E-state index in [1.807, 2.05) is 13.8 Å². The molecule has 1 rings (SSSR count). The molecule has 0 amide bonds. The van der Waals surface area contributed by atoms with Crippen molar-refractivity contribution in [1.29, 1.82) is 0 Å². The van der Waals surface area contributed by atoms with E-state index in [4.69, 9.17) is 5.11 Å². The van der Waals surface area contributed by atoms with Crippen LogP contribution >= 0.6 is 0 Å². The van der Waals surface area contributed by atoms with Gasteiger partial charge in [-0.1, -0.05) is 13.0 Å². The van der Waals surface area contributed by atoms with Crippen LogP contribution in [0.25, 0.3) is 0 Å². The molecule has 3 nitrogen and oxygen atoms in total. The second-order valence-corrected chi connectivity index (χ2v) is 3.75. The zero-order valence-electron chi connectivity index (χ0n) is 9.24. The maximum Gasteiger partial charge on any atom is 0.310 e. The predicted molar refractivity (Wildman–Crippen MR) is 58.3 cm³/mol. The minimum atomic E-state index is -0.842. The lowest BCUT2D eigenvalue weighted by molar-refractivity contribution is -0.138. The Morgan fingerprint density at radius 1 is 1.47 bits per heavy atom. The van der Waals surface area contributed by atoms with Gasteiger partial charge < -0.3 is 10.2 Å². The van der Waals surface area contributed by atoms with E-state index >= 15 is 0 Å². The van der Waals surface area contributed by atoms with Crippen LogP contribution in [0, 0.1) is 6.92 Å². The standard InChI is InChI=1S/C12H16O3/c1-4-9-6-10(8(3)12(14)15)7(2)5-11(9)13/h5-6,8,13H,4H2,1-3H3,(H,14,15). The van der Waals surface area contributed by atoms with E-state index in [1.165, 1.54) is 0 Å². The average molecular weight is 208 g/mol. The third-order valence-electron chi connectivity index (χ3n) is 2.69. The van der Waals surface area contributed by atoms with Crippen LogP contribution < -0.4 is 0 Å². The van der Waals surface area contributed by atoms with Crippen LogP contribution in [-0.4, -0.2) is 16.2 Å². The lowest BCUT2D eigenvalue weighted by Gasteiger charge is -2.13.